The molecule has 0 fully saturated rings. The van der Waals surface area contributed by atoms with E-state index in [1.54, 1.807) is 18.0 Å². The van der Waals surface area contributed by atoms with E-state index in [1.807, 2.05) is 48.5 Å². The molecule has 0 bridgehead atoms. The Bertz CT molecular complexity index is 829. The molecule has 0 radical (unpaired) electrons. The van der Waals surface area contributed by atoms with Crippen LogP contribution in [0.5, 0.6) is 0 Å². The second-order valence-corrected chi connectivity index (χ2v) is 6.63. The highest BCUT2D eigenvalue weighted by Gasteiger charge is 2.07. The van der Waals surface area contributed by atoms with Crippen LogP contribution in [0, 0.1) is 0 Å². The summed E-state index contributed by atoms with van der Waals surface area (Å²) in [5, 5.41) is 3.43. The minimum absolute atomic E-state index is 0.0762. The van der Waals surface area contributed by atoms with Gasteiger partial charge in [-0.25, -0.2) is 4.98 Å². The van der Waals surface area contributed by atoms with Crippen LogP contribution in [-0.4, -0.2) is 10.9 Å². The zero-order valence-electron chi connectivity index (χ0n) is 13.0. The maximum Gasteiger partial charge on any atom is 0.226 e. The highest BCUT2D eigenvalue weighted by molar-refractivity contribution is 7.98. The number of oxazole rings is 1. The molecule has 0 saturated carbocycles. The first-order chi connectivity index (χ1) is 11.6. The second-order valence-electron chi connectivity index (χ2n) is 5.15. The molecule has 3 rings (SSSR count). The van der Waals surface area contributed by atoms with Crippen molar-refractivity contribution in [2.24, 2.45) is 0 Å². The van der Waals surface area contributed by atoms with Crippen LogP contribution in [0.2, 0.25) is 5.02 Å². The molecule has 1 aromatic heterocycles. The van der Waals surface area contributed by atoms with E-state index in [0.717, 1.165) is 21.8 Å². The number of hydrogen-bond donors (Lipinski definition) is 1. The predicted molar refractivity (Wildman–Crippen MR) is 97.3 cm³/mol. The Morgan fingerprint density at radius 1 is 1.17 bits per heavy atom. The van der Waals surface area contributed by atoms with Gasteiger partial charge in [-0.3, -0.25) is 4.79 Å². The van der Waals surface area contributed by atoms with Gasteiger partial charge in [-0.05, 0) is 48.5 Å². The SMILES string of the molecule is CC(=O)Nc1ccc(SCc2coc(-c3ccc(Cl)cc3)n2)cc1. The van der Waals surface area contributed by atoms with Crippen LogP contribution >= 0.6 is 23.4 Å². The number of benzene rings is 2. The van der Waals surface area contributed by atoms with E-state index in [4.69, 9.17) is 16.0 Å². The number of thioether (sulfide) groups is 1. The molecule has 1 amide bonds. The average Bonchev–Trinajstić information content (AvgIpc) is 3.03. The van der Waals surface area contributed by atoms with Crippen LogP contribution in [0.15, 0.2) is 64.1 Å². The fourth-order valence-corrected chi connectivity index (χ4v) is 3.00. The summed E-state index contributed by atoms with van der Waals surface area (Å²) in [5.74, 6) is 1.22. The molecular formula is C18H15ClN2O2S. The summed E-state index contributed by atoms with van der Waals surface area (Å²) < 4.78 is 5.53. The Hall–Kier alpha value is -2.24. The molecule has 122 valence electrons. The third kappa shape index (κ3) is 4.40. The standard InChI is InChI=1S/C18H15ClN2O2S/c1-12(22)20-15-6-8-17(9-7-15)24-11-16-10-23-18(21-16)13-2-4-14(19)5-3-13/h2-10H,11H2,1H3,(H,20,22). The Morgan fingerprint density at radius 2 is 1.88 bits per heavy atom. The third-order valence-electron chi connectivity index (χ3n) is 3.20. The summed E-state index contributed by atoms with van der Waals surface area (Å²) >= 11 is 7.54. The first-order valence-electron chi connectivity index (χ1n) is 7.31. The van der Waals surface area contributed by atoms with Crippen molar-refractivity contribution in [1.82, 2.24) is 4.98 Å². The summed E-state index contributed by atoms with van der Waals surface area (Å²) in [4.78, 5) is 16.6. The molecule has 1 heterocycles. The van der Waals surface area contributed by atoms with E-state index in [-0.39, 0.29) is 5.91 Å². The number of halogens is 1. The minimum atomic E-state index is -0.0762. The quantitative estimate of drug-likeness (QED) is 0.633. The molecule has 0 aliphatic carbocycles. The lowest BCUT2D eigenvalue weighted by Gasteiger charge is -2.03. The fourth-order valence-electron chi connectivity index (χ4n) is 2.09. The first-order valence-corrected chi connectivity index (χ1v) is 8.67. The zero-order valence-corrected chi connectivity index (χ0v) is 14.5. The lowest BCUT2D eigenvalue weighted by atomic mass is 10.2. The number of carbonyl (C=O) groups is 1. The van der Waals surface area contributed by atoms with Crippen molar-refractivity contribution in [1.29, 1.82) is 0 Å². The number of hydrogen-bond acceptors (Lipinski definition) is 4. The van der Waals surface area contributed by atoms with E-state index in [9.17, 15) is 4.79 Å². The molecule has 4 nitrogen and oxygen atoms in total. The molecule has 24 heavy (non-hydrogen) atoms. The molecule has 0 unspecified atom stereocenters. The summed E-state index contributed by atoms with van der Waals surface area (Å²) in [6.45, 7) is 1.49. The molecule has 1 N–H and O–H groups in total. The first kappa shape index (κ1) is 16.6. The Labute approximate surface area is 149 Å². The summed E-state index contributed by atoms with van der Waals surface area (Å²) in [7, 11) is 0. The van der Waals surface area contributed by atoms with Crippen molar-refractivity contribution in [2.75, 3.05) is 5.32 Å². The largest absolute Gasteiger partial charge is 0.444 e. The molecule has 0 saturated heterocycles. The number of aromatic nitrogens is 1. The van der Waals surface area contributed by atoms with E-state index in [1.165, 1.54) is 6.92 Å². The third-order valence-corrected chi connectivity index (χ3v) is 4.50. The van der Waals surface area contributed by atoms with Crippen LogP contribution in [-0.2, 0) is 10.5 Å². The van der Waals surface area contributed by atoms with Gasteiger partial charge in [-0.15, -0.1) is 11.8 Å². The summed E-state index contributed by atoms with van der Waals surface area (Å²) in [6, 6.07) is 15.1. The smallest absolute Gasteiger partial charge is 0.226 e. The van der Waals surface area contributed by atoms with Crippen molar-refractivity contribution in [3.8, 4) is 11.5 Å². The van der Waals surface area contributed by atoms with Gasteiger partial charge in [0.05, 0.1) is 5.69 Å². The van der Waals surface area contributed by atoms with E-state index in [0.29, 0.717) is 16.7 Å². The van der Waals surface area contributed by atoms with Gasteiger partial charge in [-0.2, -0.15) is 0 Å². The predicted octanol–water partition coefficient (Wildman–Crippen LogP) is 5.25. The van der Waals surface area contributed by atoms with Gasteiger partial charge >= 0.3 is 0 Å². The van der Waals surface area contributed by atoms with Gasteiger partial charge in [0, 0.05) is 33.8 Å². The van der Waals surface area contributed by atoms with Gasteiger partial charge in [-0.1, -0.05) is 11.6 Å². The van der Waals surface area contributed by atoms with E-state index >= 15 is 0 Å². The topological polar surface area (TPSA) is 55.1 Å². The van der Waals surface area contributed by atoms with Crippen molar-refractivity contribution < 1.29 is 9.21 Å². The molecule has 6 heteroatoms. The molecule has 0 spiro atoms. The fraction of sp³-hybridized carbons (Fsp3) is 0.111. The Kier molecular flexibility index (Phi) is 5.23. The number of nitrogens with zero attached hydrogens (tertiary/aromatic N) is 1. The van der Waals surface area contributed by atoms with Gasteiger partial charge in [0.15, 0.2) is 0 Å². The average molecular weight is 359 g/mol. The lowest BCUT2D eigenvalue weighted by molar-refractivity contribution is -0.114. The number of rotatable bonds is 5. The van der Waals surface area contributed by atoms with Gasteiger partial charge in [0.25, 0.3) is 0 Å². The van der Waals surface area contributed by atoms with Gasteiger partial charge < -0.3 is 9.73 Å². The Morgan fingerprint density at radius 3 is 2.54 bits per heavy atom. The van der Waals surface area contributed by atoms with Crippen molar-refractivity contribution in [2.45, 2.75) is 17.6 Å². The summed E-state index contributed by atoms with van der Waals surface area (Å²) in [6.07, 6.45) is 1.67. The zero-order chi connectivity index (χ0) is 16.9. The van der Waals surface area contributed by atoms with Crippen LogP contribution in [0.25, 0.3) is 11.5 Å². The van der Waals surface area contributed by atoms with E-state index in [2.05, 4.69) is 10.3 Å². The number of nitrogens with one attached hydrogen (secondary N) is 1. The van der Waals surface area contributed by atoms with Crippen LogP contribution in [0.4, 0.5) is 5.69 Å². The minimum Gasteiger partial charge on any atom is -0.444 e. The highest BCUT2D eigenvalue weighted by atomic mass is 35.5. The monoisotopic (exact) mass is 358 g/mol. The second kappa shape index (κ2) is 7.55. The number of anilines is 1. The molecular weight excluding hydrogens is 344 g/mol. The molecule has 0 aliphatic rings. The lowest BCUT2D eigenvalue weighted by Crippen LogP contribution is -2.05. The summed E-state index contributed by atoms with van der Waals surface area (Å²) in [5.41, 5.74) is 2.56. The Balaban J connectivity index is 1.61. The van der Waals surface area contributed by atoms with Crippen LogP contribution in [0.3, 0.4) is 0 Å². The molecule has 0 aliphatic heterocycles. The molecule has 3 aromatic rings. The number of carbonyl (C=O) groups excluding carboxylic acids is 1. The normalized spacial score (nSPS) is 10.6. The highest BCUT2D eigenvalue weighted by Crippen LogP contribution is 2.26. The number of amides is 1. The maximum atomic E-state index is 11.0. The molecule has 2 aromatic carbocycles. The maximum absolute atomic E-state index is 11.0. The van der Waals surface area contributed by atoms with E-state index < -0.39 is 0 Å². The van der Waals surface area contributed by atoms with Crippen molar-refractivity contribution in [3.05, 3.63) is 65.5 Å². The molecule has 0 atom stereocenters. The van der Waals surface area contributed by atoms with Crippen molar-refractivity contribution >= 4 is 35.0 Å². The van der Waals surface area contributed by atoms with Crippen LogP contribution in [0.1, 0.15) is 12.6 Å². The van der Waals surface area contributed by atoms with Gasteiger partial charge in [0.1, 0.15) is 6.26 Å². The van der Waals surface area contributed by atoms with Crippen molar-refractivity contribution in [3.63, 3.8) is 0 Å². The van der Waals surface area contributed by atoms with Gasteiger partial charge in [0.2, 0.25) is 11.8 Å². The van der Waals surface area contributed by atoms with Crippen LogP contribution < -0.4 is 5.32 Å².